The van der Waals surface area contributed by atoms with Gasteiger partial charge < -0.3 is 10.2 Å². The molecule has 1 aromatic heterocycles. The Labute approximate surface area is 148 Å². The molecule has 1 N–H and O–H groups in total. The second kappa shape index (κ2) is 7.40. The summed E-state index contributed by atoms with van der Waals surface area (Å²) in [6.45, 7) is 2.89. The molecule has 0 aliphatic carbocycles. The first-order valence-electron chi connectivity index (χ1n) is 7.52. The van der Waals surface area contributed by atoms with Crippen molar-refractivity contribution in [3.05, 3.63) is 50.9 Å². The van der Waals surface area contributed by atoms with E-state index >= 15 is 0 Å². The van der Waals surface area contributed by atoms with E-state index in [1.807, 2.05) is 11.8 Å². The quantitative estimate of drug-likeness (QED) is 0.863. The van der Waals surface area contributed by atoms with Crippen molar-refractivity contribution in [3.63, 3.8) is 0 Å². The van der Waals surface area contributed by atoms with Crippen molar-refractivity contribution < 1.29 is 0 Å². The van der Waals surface area contributed by atoms with E-state index in [0.717, 1.165) is 13.1 Å². The summed E-state index contributed by atoms with van der Waals surface area (Å²) in [5, 5.41) is 7.29. The van der Waals surface area contributed by atoms with Gasteiger partial charge in [-0.2, -0.15) is 16.9 Å². The summed E-state index contributed by atoms with van der Waals surface area (Å²) in [6, 6.07) is 8.60. The lowest BCUT2D eigenvalue weighted by atomic mass is 10.2. The van der Waals surface area contributed by atoms with Crippen molar-refractivity contribution in [2.75, 3.05) is 34.8 Å². The monoisotopic (exact) mass is 394 g/mol. The van der Waals surface area contributed by atoms with E-state index in [0.29, 0.717) is 16.7 Å². The van der Waals surface area contributed by atoms with Crippen LogP contribution in [0.25, 0.3) is 0 Å². The van der Waals surface area contributed by atoms with Crippen LogP contribution in [0.15, 0.2) is 39.7 Å². The highest BCUT2D eigenvalue weighted by atomic mass is 79.9. The number of rotatable bonds is 4. The van der Waals surface area contributed by atoms with Crippen LogP contribution in [0.1, 0.15) is 5.56 Å². The van der Waals surface area contributed by atoms with E-state index in [9.17, 15) is 4.79 Å². The zero-order valence-corrected chi connectivity index (χ0v) is 15.4. The molecule has 1 aliphatic heterocycles. The fourth-order valence-electron chi connectivity index (χ4n) is 2.48. The molecule has 3 rings (SSSR count). The van der Waals surface area contributed by atoms with Gasteiger partial charge in [0.25, 0.3) is 5.56 Å². The minimum Gasteiger partial charge on any atom is -0.379 e. The fraction of sp³-hybridized carbons (Fsp3) is 0.375. The molecule has 0 unspecified atom stereocenters. The summed E-state index contributed by atoms with van der Waals surface area (Å²) in [7, 11) is 1.63. The molecule has 1 aliphatic rings. The lowest BCUT2D eigenvalue weighted by Gasteiger charge is -2.28. The van der Waals surface area contributed by atoms with Crippen LogP contribution in [0.2, 0.25) is 0 Å². The summed E-state index contributed by atoms with van der Waals surface area (Å²) < 4.78 is 1.82. The number of aromatic nitrogens is 2. The molecule has 1 fully saturated rings. The van der Waals surface area contributed by atoms with E-state index in [-0.39, 0.29) is 5.56 Å². The van der Waals surface area contributed by atoms with Gasteiger partial charge in [-0.3, -0.25) is 4.79 Å². The number of nitrogens with zero attached hydrogens (tertiary/aromatic N) is 3. The summed E-state index contributed by atoms with van der Waals surface area (Å²) >= 11 is 5.34. The predicted octanol–water partition coefficient (Wildman–Crippen LogP) is 2.71. The standard InChI is InChI=1S/C16H19BrN4OS/c1-20-16(22)15(17)14(11-19-20)18-10-12-2-4-13(5-3-12)21-6-8-23-9-7-21/h2-5,11,18H,6-10H2,1H3. The molecule has 1 aromatic carbocycles. The van der Waals surface area contributed by atoms with Crippen LogP contribution in [0, 0.1) is 0 Å². The molecule has 5 nitrogen and oxygen atoms in total. The van der Waals surface area contributed by atoms with Gasteiger partial charge in [0.2, 0.25) is 0 Å². The number of hydrogen-bond acceptors (Lipinski definition) is 5. The van der Waals surface area contributed by atoms with Gasteiger partial charge in [-0.1, -0.05) is 12.1 Å². The van der Waals surface area contributed by atoms with Crippen molar-refractivity contribution in [1.29, 1.82) is 0 Å². The van der Waals surface area contributed by atoms with Crippen LogP contribution in [-0.2, 0) is 13.6 Å². The molecule has 0 saturated carbocycles. The summed E-state index contributed by atoms with van der Waals surface area (Å²) in [4.78, 5) is 14.3. The number of nitrogens with one attached hydrogen (secondary N) is 1. The first-order chi connectivity index (χ1) is 11.1. The molecular formula is C16H19BrN4OS. The largest absolute Gasteiger partial charge is 0.379 e. The van der Waals surface area contributed by atoms with Gasteiger partial charge in [0.15, 0.2) is 0 Å². The molecule has 0 amide bonds. The minimum atomic E-state index is -0.145. The molecule has 2 heterocycles. The first kappa shape index (κ1) is 16.4. The number of halogens is 1. The zero-order valence-electron chi connectivity index (χ0n) is 13.0. The van der Waals surface area contributed by atoms with Crippen LogP contribution in [-0.4, -0.2) is 34.4 Å². The van der Waals surface area contributed by atoms with E-state index in [1.165, 1.54) is 27.4 Å². The van der Waals surface area contributed by atoms with E-state index in [4.69, 9.17) is 0 Å². The Balaban J connectivity index is 1.65. The molecule has 0 bridgehead atoms. The average molecular weight is 395 g/mol. The van der Waals surface area contributed by atoms with Crippen molar-refractivity contribution in [2.24, 2.45) is 7.05 Å². The fourth-order valence-corrected chi connectivity index (χ4v) is 3.88. The third-order valence-electron chi connectivity index (χ3n) is 3.87. The summed E-state index contributed by atoms with van der Waals surface area (Å²) in [5.74, 6) is 2.40. The second-order valence-corrected chi connectivity index (χ2v) is 7.44. The van der Waals surface area contributed by atoms with Crippen molar-refractivity contribution in [2.45, 2.75) is 6.54 Å². The molecule has 0 atom stereocenters. The molecule has 23 heavy (non-hydrogen) atoms. The van der Waals surface area contributed by atoms with Crippen LogP contribution in [0.4, 0.5) is 11.4 Å². The number of hydrogen-bond donors (Lipinski definition) is 1. The molecule has 0 radical (unpaired) electrons. The van der Waals surface area contributed by atoms with Gasteiger partial charge in [0.05, 0.1) is 11.9 Å². The second-order valence-electron chi connectivity index (χ2n) is 5.42. The minimum absolute atomic E-state index is 0.145. The third-order valence-corrected chi connectivity index (χ3v) is 5.58. The van der Waals surface area contributed by atoms with Crippen LogP contribution in [0.5, 0.6) is 0 Å². The molecule has 122 valence electrons. The molecule has 2 aromatic rings. The van der Waals surface area contributed by atoms with Crippen LogP contribution in [0.3, 0.4) is 0 Å². The lowest BCUT2D eigenvalue weighted by Crippen LogP contribution is -2.32. The molecule has 0 spiro atoms. The number of anilines is 2. The number of benzene rings is 1. The van der Waals surface area contributed by atoms with E-state index in [2.05, 4.69) is 55.5 Å². The Morgan fingerprint density at radius 2 is 1.96 bits per heavy atom. The van der Waals surface area contributed by atoms with E-state index < -0.39 is 0 Å². The Morgan fingerprint density at radius 1 is 1.26 bits per heavy atom. The van der Waals surface area contributed by atoms with Gasteiger partial charge in [-0.05, 0) is 33.6 Å². The highest BCUT2D eigenvalue weighted by molar-refractivity contribution is 9.10. The van der Waals surface area contributed by atoms with Gasteiger partial charge in [-0.15, -0.1) is 0 Å². The highest BCUT2D eigenvalue weighted by Gasteiger charge is 2.11. The van der Waals surface area contributed by atoms with Gasteiger partial charge in [-0.25, -0.2) is 4.68 Å². The number of aryl methyl sites for hydroxylation is 1. The zero-order chi connectivity index (χ0) is 16.2. The Hall–Kier alpha value is -1.47. The maximum atomic E-state index is 11.8. The normalized spacial score (nSPS) is 14.8. The molecule has 1 saturated heterocycles. The molecule has 7 heteroatoms. The topological polar surface area (TPSA) is 50.2 Å². The lowest BCUT2D eigenvalue weighted by molar-refractivity contribution is 0.703. The van der Waals surface area contributed by atoms with Crippen LogP contribution < -0.4 is 15.8 Å². The number of thioether (sulfide) groups is 1. The maximum Gasteiger partial charge on any atom is 0.282 e. The van der Waals surface area contributed by atoms with E-state index in [1.54, 1.807) is 13.2 Å². The summed E-state index contributed by atoms with van der Waals surface area (Å²) in [6.07, 6.45) is 1.66. The van der Waals surface area contributed by atoms with Gasteiger partial charge >= 0.3 is 0 Å². The smallest absolute Gasteiger partial charge is 0.282 e. The van der Waals surface area contributed by atoms with Crippen molar-refractivity contribution >= 4 is 39.1 Å². The SMILES string of the molecule is Cn1ncc(NCc2ccc(N3CCSCC3)cc2)c(Br)c1=O. The first-order valence-corrected chi connectivity index (χ1v) is 9.47. The highest BCUT2D eigenvalue weighted by Crippen LogP contribution is 2.21. The third kappa shape index (κ3) is 3.90. The van der Waals surface area contributed by atoms with Gasteiger partial charge in [0, 0.05) is 43.9 Å². The van der Waals surface area contributed by atoms with Crippen molar-refractivity contribution in [3.8, 4) is 0 Å². The van der Waals surface area contributed by atoms with Gasteiger partial charge in [0.1, 0.15) is 4.47 Å². The Kier molecular flexibility index (Phi) is 5.27. The molecular weight excluding hydrogens is 376 g/mol. The maximum absolute atomic E-state index is 11.8. The van der Waals surface area contributed by atoms with Crippen LogP contribution >= 0.6 is 27.7 Å². The Morgan fingerprint density at radius 3 is 2.65 bits per heavy atom. The van der Waals surface area contributed by atoms with Crippen molar-refractivity contribution in [1.82, 2.24) is 9.78 Å². The summed E-state index contributed by atoms with van der Waals surface area (Å²) in [5.41, 5.74) is 3.02. The average Bonchev–Trinajstić information content (AvgIpc) is 2.60. The predicted molar refractivity (Wildman–Crippen MR) is 100 cm³/mol. The Bertz CT molecular complexity index is 726.